The molecule has 0 spiro atoms. The Morgan fingerprint density at radius 2 is 2.05 bits per heavy atom. The second kappa shape index (κ2) is 9.75. The third-order valence-electron chi connectivity index (χ3n) is 2.86. The molecular formula is C14H22ClFN2O. The monoisotopic (exact) mass is 288 g/mol. The smallest absolute Gasteiger partial charge is 0.223 e. The molecule has 0 aliphatic rings. The molecule has 1 aromatic carbocycles. The Morgan fingerprint density at radius 1 is 1.37 bits per heavy atom. The van der Waals surface area contributed by atoms with Crippen molar-refractivity contribution >= 4 is 18.3 Å². The van der Waals surface area contributed by atoms with Gasteiger partial charge >= 0.3 is 0 Å². The molecule has 1 atom stereocenters. The summed E-state index contributed by atoms with van der Waals surface area (Å²) in [6, 6.07) is 6.56. The van der Waals surface area contributed by atoms with Crippen LogP contribution in [0.15, 0.2) is 24.3 Å². The summed E-state index contributed by atoms with van der Waals surface area (Å²) < 4.78 is 13.4. The molecule has 108 valence electrons. The predicted octanol–water partition coefficient (Wildman–Crippen LogP) is 2.28. The molecule has 0 aliphatic carbocycles. The van der Waals surface area contributed by atoms with Crippen molar-refractivity contribution in [2.24, 2.45) is 11.7 Å². The van der Waals surface area contributed by atoms with Crippen LogP contribution in [0.5, 0.6) is 0 Å². The van der Waals surface area contributed by atoms with Crippen molar-refractivity contribution in [1.29, 1.82) is 0 Å². The molecule has 0 radical (unpaired) electrons. The van der Waals surface area contributed by atoms with Gasteiger partial charge in [0.2, 0.25) is 5.91 Å². The number of nitrogens with two attached hydrogens (primary N) is 1. The van der Waals surface area contributed by atoms with E-state index in [1.807, 2.05) is 6.92 Å². The fourth-order valence-electron chi connectivity index (χ4n) is 1.74. The van der Waals surface area contributed by atoms with Crippen LogP contribution in [-0.2, 0) is 11.2 Å². The number of benzene rings is 1. The molecule has 0 fully saturated rings. The first-order valence-corrected chi connectivity index (χ1v) is 6.36. The minimum absolute atomic E-state index is 0. The molecule has 1 aromatic rings. The summed E-state index contributed by atoms with van der Waals surface area (Å²) in [5.41, 5.74) is 5.95. The van der Waals surface area contributed by atoms with Crippen molar-refractivity contribution in [3.63, 3.8) is 0 Å². The fourth-order valence-corrected chi connectivity index (χ4v) is 1.74. The minimum Gasteiger partial charge on any atom is -0.356 e. The average Bonchev–Trinajstić information content (AvgIpc) is 2.37. The molecule has 0 aromatic heterocycles. The molecule has 0 saturated heterocycles. The second-order valence-corrected chi connectivity index (χ2v) is 4.48. The van der Waals surface area contributed by atoms with Crippen molar-refractivity contribution in [2.45, 2.75) is 26.2 Å². The molecule has 3 N–H and O–H groups in total. The number of nitrogens with one attached hydrogen (secondary N) is 1. The molecule has 0 saturated carbocycles. The Kier molecular flexibility index (Phi) is 9.17. The molecule has 0 aliphatic heterocycles. The van der Waals surface area contributed by atoms with E-state index in [-0.39, 0.29) is 30.0 Å². The van der Waals surface area contributed by atoms with Crippen LogP contribution in [0.1, 0.15) is 25.3 Å². The minimum atomic E-state index is -0.250. The Labute approximate surface area is 120 Å². The molecule has 3 nitrogen and oxygen atoms in total. The van der Waals surface area contributed by atoms with E-state index in [1.54, 1.807) is 18.2 Å². The van der Waals surface area contributed by atoms with Crippen LogP contribution in [-0.4, -0.2) is 19.0 Å². The largest absolute Gasteiger partial charge is 0.356 e. The highest BCUT2D eigenvalue weighted by atomic mass is 35.5. The third kappa shape index (κ3) is 6.55. The summed E-state index contributed by atoms with van der Waals surface area (Å²) in [5.74, 6) is -0.504. The molecule has 0 bridgehead atoms. The average molecular weight is 289 g/mol. The summed E-state index contributed by atoms with van der Waals surface area (Å²) in [7, 11) is 0. The van der Waals surface area contributed by atoms with Gasteiger partial charge in [0, 0.05) is 12.5 Å². The Balaban J connectivity index is 0.00000324. The molecule has 1 unspecified atom stereocenters. The number of halogens is 2. The van der Waals surface area contributed by atoms with Gasteiger partial charge < -0.3 is 11.1 Å². The maximum atomic E-state index is 13.4. The highest BCUT2D eigenvalue weighted by Gasteiger charge is 2.14. The van der Waals surface area contributed by atoms with E-state index in [0.717, 1.165) is 12.8 Å². The summed E-state index contributed by atoms with van der Waals surface area (Å²) in [4.78, 5) is 11.8. The highest BCUT2D eigenvalue weighted by Crippen LogP contribution is 2.12. The molecule has 5 heteroatoms. The van der Waals surface area contributed by atoms with E-state index in [1.165, 1.54) is 6.07 Å². The van der Waals surface area contributed by atoms with Crippen molar-refractivity contribution in [2.75, 3.05) is 13.1 Å². The van der Waals surface area contributed by atoms with Gasteiger partial charge in [-0.25, -0.2) is 4.39 Å². The first-order valence-electron chi connectivity index (χ1n) is 6.36. The summed E-state index contributed by atoms with van der Waals surface area (Å²) in [5, 5.41) is 2.84. The number of carbonyl (C=O) groups excluding carboxylic acids is 1. The molecular weight excluding hydrogens is 267 g/mol. The number of rotatable bonds is 7. The van der Waals surface area contributed by atoms with Crippen molar-refractivity contribution in [1.82, 2.24) is 5.32 Å². The number of unbranched alkanes of at least 4 members (excludes halogenated alkanes) is 1. The van der Waals surface area contributed by atoms with Gasteiger partial charge in [0.25, 0.3) is 0 Å². The zero-order valence-corrected chi connectivity index (χ0v) is 12.0. The fraction of sp³-hybridized carbons (Fsp3) is 0.500. The summed E-state index contributed by atoms with van der Waals surface area (Å²) >= 11 is 0. The normalized spacial score (nSPS) is 11.5. The Morgan fingerprint density at radius 3 is 2.68 bits per heavy atom. The summed E-state index contributed by atoms with van der Waals surface area (Å²) in [6.45, 7) is 3.09. The van der Waals surface area contributed by atoms with Crippen LogP contribution in [0.3, 0.4) is 0 Å². The summed E-state index contributed by atoms with van der Waals surface area (Å²) in [6.07, 6.45) is 2.21. The highest BCUT2D eigenvalue weighted by molar-refractivity contribution is 5.85. The van der Waals surface area contributed by atoms with Crippen LogP contribution >= 0.6 is 12.4 Å². The SMILES string of the molecule is CC(Cc1ccccc1F)C(=O)NCCCCN.Cl. The third-order valence-corrected chi connectivity index (χ3v) is 2.86. The van der Waals surface area contributed by atoms with Crippen LogP contribution in [0.4, 0.5) is 4.39 Å². The van der Waals surface area contributed by atoms with Crippen molar-refractivity contribution in [3.8, 4) is 0 Å². The molecule has 1 rings (SSSR count). The van der Waals surface area contributed by atoms with Crippen LogP contribution < -0.4 is 11.1 Å². The first kappa shape index (κ1) is 17.9. The molecule has 1 amide bonds. The van der Waals surface area contributed by atoms with Gasteiger partial charge in [0.1, 0.15) is 5.82 Å². The number of carbonyl (C=O) groups is 1. The Bertz CT molecular complexity index is 387. The second-order valence-electron chi connectivity index (χ2n) is 4.48. The van der Waals surface area contributed by atoms with Gasteiger partial charge in [-0.2, -0.15) is 0 Å². The number of hydrogen-bond donors (Lipinski definition) is 2. The number of hydrogen-bond acceptors (Lipinski definition) is 2. The van der Waals surface area contributed by atoms with E-state index < -0.39 is 0 Å². The standard InChI is InChI=1S/C14H21FN2O.ClH/c1-11(14(18)17-9-5-4-8-16)10-12-6-2-3-7-13(12)15;/h2-3,6-7,11H,4-5,8-10,16H2,1H3,(H,17,18);1H. The lowest BCUT2D eigenvalue weighted by Gasteiger charge is -2.12. The van der Waals surface area contributed by atoms with Gasteiger partial charge in [-0.15, -0.1) is 12.4 Å². The first-order chi connectivity index (χ1) is 8.65. The predicted molar refractivity (Wildman–Crippen MR) is 77.8 cm³/mol. The lowest BCUT2D eigenvalue weighted by atomic mass is 10.00. The van der Waals surface area contributed by atoms with Crippen molar-refractivity contribution in [3.05, 3.63) is 35.6 Å². The van der Waals surface area contributed by atoms with Gasteiger partial charge in [0.05, 0.1) is 0 Å². The van der Waals surface area contributed by atoms with Gasteiger partial charge in [-0.3, -0.25) is 4.79 Å². The van der Waals surface area contributed by atoms with Crippen LogP contribution in [0, 0.1) is 11.7 Å². The Hall–Kier alpha value is -1.13. The lowest BCUT2D eigenvalue weighted by molar-refractivity contribution is -0.124. The maximum absolute atomic E-state index is 13.4. The maximum Gasteiger partial charge on any atom is 0.223 e. The van der Waals surface area contributed by atoms with E-state index >= 15 is 0 Å². The topological polar surface area (TPSA) is 55.1 Å². The number of amides is 1. The van der Waals surface area contributed by atoms with Crippen LogP contribution in [0.2, 0.25) is 0 Å². The van der Waals surface area contributed by atoms with Crippen LogP contribution in [0.25, 0.3) is 0 Å². The zero-order valence-electron chi connectivity index (χ0n) is 11.2. The molecule has 0 heterocycles. The van der Waals surface area contributed by atoms with E-state index in [4.69, 9.17) is 5.73 Å². The van der Waals surface area contributed by atoms with Gasteiger partial charge in [-0.1, -0.05) is 25.1 Å². The van der Waals surface area contributed by atoms with Gasteiger partial charge in [0.15, 0.2) is 0 Å². The van der Waals surface area contributed by atoms with E-state index in [9.17, 15) is 9.18 Å². The van der Waals surface area contributed by atoms with E-state index in [0.29, 0.717) is 25.1 Å². The van der Waals surface area contributed by atoms with Gasteiger partial charge in [-0.05, 0) is 37.4 Å². The zero-order chi connectivity index (χ0) is 13.4. The van der Waals surface area contributed by atoms with Crippen molar-refractivity contribution < 1.29 is 9.18 Å². The molecule has 19 heavy (non-hydrogen) atoms. The quantitative estimate of drug-likeness (QED) is 0.756. The van der Waals surface area contributed by atoms with E-state index in [2.05, 4.69) is 5.32 Å². The lowest BCUT2D eigenvalue weighted by Crippen LogP contribution is -2.31.